The van der Waals surface area contributed by atoms with Gasteiger partial charge in [-0.2, -0.15) is 0 Å². The third kappa shape index (κ3) is 5.62. The van der Waals surface area contributed by atoms with Crippen molar-refractivity contribution < 1.29 is 23.8 Å². The minimum Gasteiger partial charge on any atom is -0.497 e. The van der Waals surface area contributed by atoms with Crippen molar-refractivity contribution in [1.82, 2.24) is 9.80 Å². The number of hydrogen-bond donors (Lipinski definition) is 0. The molecule has 0 aromatic heterocycles. The summed E-state index contributed by atoms with van der Waals surface area (Å²) in [6, 6.07) is 22.4. The molecule has 3 aromatic rings. The summed E-state index contributed by atoms with van der Waals surface area (Å²) in [5.74, 6) is 1.85. The molecule has 1 atom stereocenters. The zero-order chi connectivity index (χ0) is 25.5. The zero-order valence-electron chi connectivity index (χ0n) is 21.0. The van der Waals surface area contributed by atoms with Crippen molar-refractivity contribution in [3.05, 3.63) is 89.5 Å². The molecule has 7 nitrogen and oxygen atoms in total. The van der Waals surface area contributed by atoms with Gasteiger partial charge in [0.05, 0.1) is 27.9 Å². The molecule has 0 spiro atoms. The van der Waals surface area contributed by atoms with E-state index in [1.807, 2.05) is 72.8 Å². The number of hydrogen-bond acceptors (Lipinski definition) is 5. The van der Waals surface area contributed by atoms with Gasteiger partial charge in [-0.1, -0.05) is 48.5 Å². The van der Waals surface area contributed by atoms with Crippen LogP contribution in [0.1, 0.15) is 22.7 Å². The van der Waals surface area contributed by atoms with Crippen LogP contribution in [-0.2, 0) is 22.4 Å². The van der Waals surface area contributed by atoms with Crippen LogP contribution in [0.5, 0.6) is 17.2 Å². The van der Waals surface area contributed by atoms with Gasteiger partial charge in [0, 0.05) is 13.1 Å². The Kier molecular flexibility index (Phi) is 8.10. The Morgan fingerprint density at radius 2 is 1.44 bits per heavy atom. The predicted molar refractivity (Wildman–Crippen MR) is 137 cm³/mol. The fraction of sp³-hybridized carbons (Fsp3) is 0.310. The lowest BCUT2D eigenvalue weighted by Gasteiger charge is -2.40. The average molecular weight is 489 g/mol. The Hall–Kier alpha value is -4.00. The first kappa shape index (κ1) is 25.1. The Morgan fingerprint density at radius 3 is 2.11 bits per heavy atom. The Morgan fingerprint density at radius 1 is 0.750 bits per heavy atom. The van der Waals surface area contributed by atoms with Gasteiger partial charge in [0.2, 0.25) is 11.8 Å². The maximum absolute atomic E-state index is 13.7. The number of amides is 2. The van der Waals surface area contributed by atoms with E-state index < -0.39 is 6.04 Å². The van der Waals surface area contributed by atoms with Gasteiger partial charge in [0.1, 0.15) is 11.8 Å². The molecule has 0 radical (unpaired) electrons. The second kappa shape index (κ2) is 11.6. The van der Waals surface area contributed by atoms with Crippen molar-refractivity contribution in [3.63, 3.8) is 0 Å². The van der Waals surface area contributed by atoms with Gasteiger partial charge in [-0.15, -0.1) is 0 Å². The minimum absolute atomic E-state index is 0.0658. The van der Waals surface area contributed by atoms with Crippen molar-refractivity contribution in [3.8, 4) is 17.2 Å². The van der Waals surface area contributed by atoms with Gasteiger partial charge in [-0.05, 0) is 53.8 Å². The predicted octanol–water partition coefficient (Wildman–Crippen LogP) is 3.91. The van der Waals surface area contributed by atoms with Crippen molar-refractivity contribution in [2.45, 2.75) is 18.9 Å². The molecule has 1 fully saturated rings. The Bertz CT molecular complexity index is 1180. The minimum atomic E-state index is -0.687. The van der Waals surface area contributed by atoms with Crippen LogP contribution < -0.4 is 14.2 Å². The highest BCUT2D eigenvalue weighted by molar-refractivity contribution is 5.95. The third-order valence-corrected chi connectivity index (χ3v) is 6.54. The van der Waals surface area contributed by atoms with Gasteiger partial charge in [0.15, 0.2) is 11.5 Å². The normalized spacial score (nSPS) is 15.7. The molecular weight excluding hydrogens is 456 g/mol. The molecular formula is C29H32N2O5. The highest BCUT2D eigenvalue weighted by Crippen LogP contribution is 2.31. The summed E-state index contributed by atoms with van der Waals surface area (Å²) in [6.45, 7) is 0.971. The Labute approximate surface area is 212 Å². The van der Waals surface area contributed by atoms with Crippen LogP contribution in [0.3, 0.4) is 0 Å². The second-order valence-electron chi connectivity index (χ2n) is 8.70. The molecule has 36 heavy (non-hydrogen) atoms. The SMILES string of the molecule is COc1ccc(C2C(=O)N(CCc3ccccc3)CC(=O)N2CCc2ccc(OC)c(OC)c2)cc1. The standard InChI is InChI=1S/C29H32N2O5/c1-34-24-12-10-23(11-13-24)28-29(33)30(17-15-21-7-5-4-6-8-21)20-27(32)31(28)18-16-22-9-14-25(35-2)26(19-22)36-3/h4-14,19,28H,15-18,20H2,1-3H3. The molecule has 1 saturated heterocycles. The lowest BCUT2D eigenvalue weighted by molar-refractivity contribution is -0.156. The molecule has 0 N–H and O–H groups in total. The lowest BCUT2D eigenvalue weighted by Crippen LogP contribution is -2.56. The van der Waals surface area contributed by atoms with E-state index in [1.54, 1.807) is 31.1 Å². The molecule has 0 bridgehead atoms. The molecule has 7 heteroatoms. The van der Waals surface area contributed by atoms with Gasteiger partial charge < -0.3 is 24.0 Å². The molecule has 1 heterocycles. The molecule has 1 unspecified atom stereocenters. The van der Waals surface area contributed by atoms with Crippen molar-refractivity contribution in [2.24, 2.45) is 0 Å². The van der Waals surface area contributed by atoms with Crippen LogP contribution in [0.25, 0.3) is 0 Å². The van der Waals surface area contributed by atoms with Crippen molar-refractivity contribution >= 4 is 11.8 Å². The summed E-state index contributed by atoms with van der Waals surface area (Å²) in [6.07, 6.45) is 1.27. The van der Waals surface area contributed by atoms with Crippen molar-refractivity contribution in [1.29, 1.82) is 0 Å². The molecule has 4 rings (SSSR count). The summed E-state index contributed by atoms with van der Waals surface area (Å²) < 4.78 is 16.0. The van der Waals surface area contributed by atoms with E-state index in [0.717, 1.165) is 16.7 Å². The van der Waals surface area contributed by atoms with Crippen LogP contribution in [-0.4, -0.2) is 62.6 Å². The smallest absolute Gasteiger partial charge is 0.250 e. The second-order valence-corrected chi connectivity index (χ2v) is 8.70. The van der Waals surface area contributed by atoms with Gasteiger partial charge in [0.25, 0.3) is 0 Å². The molecule has 0 saturated carbocycles. The maximum Gasteiger partial charge on any atom is 0.250 e. The third-order valence-electron chi connectivity index (χ3n) is 6.54. The first-order valence-electron chi connectivity index (χ1n) is 12.0. The average Bonchev–Trinajstić information content (AvgIpc) is 2.92. The largest absolute Gasteiger partial charge is 0.497 e. The number of carbonyl (C=O) groups excluding carboxylic acids is 2. The van der Waals surface area contributed by atoms with Crippen LogP contribution >= 0.6 is 0 Å². The summed E-state index contributed by atoms with van der Waals surface area (Å²) in [7, 11) is 4.79. The Balaban J connectivity index is 1.56. The van der Waals surface area contributed by atoms with Gasteiger partial charge in [-0.25, -0.2) is 0 Å². The number of rotatable bonds is 10. The van der Waals surface area contributed by atoms with E-state index in [9.17, 15) is 9.59 Å². The molecule has 188 valence electrons. The topological polar surface area (TPSA) is 68.3 Å². The van der Waals surface area contributed by atoms with E-state index in [2.05, 4.69) is 0 Å². The van der Waals surface area contributed by atoms with Crippen LogP contribution in [0.4, 0.5) is 0 Å². The fourth-order valence-electron chi connectivity index (χ4n) is 4.53. The number of nitrogens with zero attached hydrogens (tertiary/aromatic N) is 2. The molecule has 3 aromatic carbocycles. The van der Waals surface area contributed by atoms with Crippen molar-refractivity contribution in [2.75, 3.05) is 41.0 Å². The number of piperazine rings is 1. The summed E-state index contributed by atoms with van der Waals surface area (Å²) in [5, 5.41) is 0. The van der Waals surface area contributed by atoms with Gasteiger partial charge in [-0.3, -0.25) is 9.59 Å². The molecule has 1 aliphatic heterocycles. The van der Waals surface area contributed by atoms with E-state index in [1.165, 1.54) is 0 Å². The molecule has 0 aliphatic carbocycles. The fourth-order valence-corrected chi connectivity index (χ4v) is 4.53. The van der Waals surface area contributed by atoms with E-state index in [4.69, 9.17) is 14.2 Å². The number of methoxy groups -OCH3 is 3. The van der Waals surface area contributed by atoms with E-state index >= 15 is 0 Å². The quantitative estimate of drug-likeness (QED) is 0.433. The first-order chi connectivity index (χ1) is 17.5. The first-order valence-corrected chi connectivity index (χ1v) is 12.0. The zero-order valence-corrected chi connectivity index (χ0v) is 21.0. The van der Waals surface area contributed by atoms with E-state index in [0.29, 0.717) is 43.2 Å². The maximum atomic E-state index is 13.7. The van der Waals surface area contributed by atoms with E-state index in [-0.39, 0.29) is 18.4 Å². The number of carbonyl (C=O) groups is 2. The monoisotopic (exact) mass is 488 g/mol. The molecule has 2 amide bonds. The molecule has 1 aliphatic rings. The number of ether oxygens (including phenoxy) is 3. The summed E-state index contributed by atoms with van der Waals surface area (Å²) in [5.41, 5.74) is 2.90. The summed E-state index contributed by atoms with van der Waals surface area (Å²) >= 11 is 0. The van der Waals surface area contributed by atoms with Crippen LogP contribution in [0, 0.1) is 0 Å². The van der Waals surface area contributed by atoms with Crippen LogP contribution in [0.15, 0.2) is 72.8 Å². The highest BCUT2D eigenvalue weighted by atomic mass is 16.5. The number of benzene rings is 3. The van der Waals surface area contributed by atoms with Crippen LogP contribution in [0.2, 0.25) is 0 Å². The highest BCUT2D eigenvalue weighted by Gasteiger charge is 2.39. The summed E-state index contributed by atoms with van der Waals surface area (Å²) in [4.78, 5) is 30.5. The van der Waals surface area contributed by atoms with Gasteiger partial charge >= 0.3 is 0 Å². The lowest BCUT2D eigenvalue weighted by atomic mass is 9.99.